The van der Waals surface area contributed by atoms with Gasteiger partial charge < -0.3 is 15.2 Å². The number of carboxylic acid groups (broad SMARTS) is 1. The fraction of sp³-hybridized carbons (Fsp3) is 0.579. The standard InChI is InChI=1S/C19H27NO4/c1-2-11-24-19(9-4-3-5-10-19)14-20-17(21)13-15-7-6-8-16(12-15)18(22)23/h6-8,12H,2-5,9-11,13-14H2,1H3,(H,20,21)(H,22,23). The largest absolute Gasteiger partial charge is 0.478 e. The molecule has 5 heteroatoms. The fourth-order valence-corrected chi connectivity index (χ4v) is 3.21. The van der Waals surface area contributed by atoms with Gasteiger partial charge in [-0.05, 0) is 37.0 Å². The van der Waals surface area contributed by atoms with Gasteiger partial charge in [0.2, 0.25) is 5.91 Å². The number of amides is 1. The van der Waals surface area contributed by atoms with Crippen molar-refractivity contribution in [1.29, 1.82) is 0 Å². The topological polar surface area (TPSA) is 75.6 Å². The van der Waals surface area contributed by atoms with Gasteiger partial charge in [0.1, 0.15) is 0 Å². The summed E-state index contributed by atoms with van der Waals surface area (Å²) in [4.78, 5) is 23.2. The van der Waals surface area contributed by atoms with Gasteiger partial charge in [0, 0.05) is 13.2 Å². The van der Waals surface area contributed by atoms with Crippen LogP contribution in [0.1, 0.15) is 61.4 Å². The van der Waals surface area contributed by atoms with Crippen LogP contribution in [0.25, 0.3) is 0 Å². The zero-order valence-corrected chi connectivity index (χ0v) is 14.3. The zero-order chi connectivity index (χ0) is 17.4. The zero-order valence-electron chi connectivity index (χ0n) is 14.3. The van der Waals surface area contributed by atoms with E-state index in [1.165, 1.54) is 12.5 Å². The molecule has 0 unspecified atom stereocenters. The molecule has 2 rings (SSSR count). The van der Waals surface area contributed by atoms with Gasteiger partial charge in [-0.1, -0.05) is 38.3 Å². The van der Waals surface area contributed by atoms with Gasteiger partial charge in [-0.15, -0.1) is 0 Å². The molecule has 1 aromatic rings. The Hall–Kier alpha value is -1.88. The summed E-state index contributed by atoms with van der Waals surface area (Å²) in [7, 11) is 0. The van der Waals surface area contributed by atoms with Crippen molar-refractivity contribution in [2.45, 2.75) is 57.5 Å². The molecule has 1 aliphatic carbocycles. The number of hydrogen-bond donors (Lipinski definition) is 2. The third-order valence-electron chi connectivity index (χ3n) is 4.52. The van der Waals surface area contributed by atoms with E-state index < -0.39 is 5.97 Å². The summed E-state index contributed by atoms with van der Waals surface area (Å²) in [5, 5.41) is 12.0. The lowest BCUT2D eigenvalue weighted by Gasteiger charge is -2.37. The Morgan fingerprint density at radius 3 is 2.67 bits per heavy atom. The van der Waals surface area contributed by atoms with Crippen molar-refractivity contribution < 1.29 is 19.4 Å². The first-order valence-electron chi connectivity index (χ1n) is 8.77. The van der Waals surface area contributed by atoms with Crippen LogP contribution in [0, 0.1) is 0 Å². The molecule has 132 valence electrons. The van der Waals surface area contributed by atoms with E-state index in [1.807, 2.05) is 0 Å². The quantitative estimate of drug-likeness (QED) is 0.766. The van der Waals surface area contributed by atoms with Gasteiger partial charge in [-0.2, -0.15) is 0 Å². The number of carbonyl (C=O) groups excluding carboxylic acids is 1. The lowest BCUT2D eigenvalue weighted by atomic mass is 9.84. The number of hydrogen-bond acceptors (Lipinski definition) is 3. The Bertz CT molecular complexity index is 564. The first kappa shape index (κ1) is 18.5. The van der Waals surface area contributed by atoms with Crippen LogP contribution in [0.4, 0.5) is 0 Å². The van der Waals surface area contributed by atoms with Gasteiger partial charge in [0.15, 0.2) is 0 Å². The van der Waals surface area contributed by atoms with E-state index in [1.54, 1.807) is 18.2 Å². The molecule has 1 aromatic carbocycles. The number of aromatic carboxylic acids is 1. The van der Waals surface area contributed by atoms with Crippen molar-refractivity contribution in [1.82, 2.24) is 5.32 Å². The van der Waals surface area contributed by atoms with Crippen molar-refractivity contribution in [2.75, 3.05) is 13.2 Å². The van der Waals surface area contributed by atoms with Crippen molar-refractivity contribution in [3.63, 3.8) is 0 Å². The fourth-order valence-electron chi connectivity index (χ4n) is 3.21. The molecule has 0 aromatic heterocycles. The summed E-state index contributed by atoms with van der Waals surface area (Å²) in [6, 6.07) is 6.51. The Kier molecular flexibility index (Phi) is 6.79. The van der Waals surface area contributed by atoms with Gasteiger partial charge in [-0.3, -0.25) is 4.79 Å². The SMILES string of the molecule is CCCOC1(CNC(=O)Cc2cccc(C(=O)O)c2)CCCCC1. The van der Waals surface area contributed by atoms with Crippen molar-refractivity contribution in [3.05, 3.63) is 35.4 Å². The van der Waals surface area contributed by atoms with E-state index in [9.17, 15) is 9.59 Å². The van der Waals surface area contributed by atoms with Crippen LogP contribution in [0.5, 0.6) is 0 Å². The van der Waals surface area contributed by atoms with E-state index in [-0.39, 0.29) is 23.5 Å². The van der Waals surface area contributed by atoms with Crippen LogP contribution in [-0.2, 0) is 16.0 Å². The van der Waals surface area contributed by atoms with Crippen molar-refractivity contribution in [2.24, 2.45) is 0 Å². The molecule has 1 saturated carbocycles. The van der Waals surface area contributed by atoms with Crippen LogP contribution >= 0.6 is 0 Å². The van der Waals surface area contributed by atoms with Gasteiger partial charge in [-0.25, -0.2) is 4.79 Å². The highest BCUT2D eigenvalue weighted by atomic mass is 16.5. The lowest BCUT2D eigenvalue weighted by molar-refractivity contribution is -0.123. The number of ether oxygens (including phenoxy) is 1. The minimum absolute atomic E-state index is 0.0948. The number of nitrogens with one attached hydrogen (secondary N) is 1. The van der Waals surface area contributed by atoms with E-state index in [2.05, 4.69) is 12.2 Å². The first-order valence-corrected chi connectivity index (χ1v) is 8.77. The molecule has 0 spiro atoms. The Labute approximate surface area is 143 Å². The minimum atomic E-state index is -0.980. The average Bonchev–Trinajstić information content (AvgIpc) is 2.59. The summed E-state index contributed by atoms with van der Waals surface area (Å²) in [6.07, 6.45) is 6.64. The normalized spacial score (nSPS) is 16.5. The summed E-state index contributed by atoms with van der Waals surface area (Å²) in [5.41, 5.74) is 0.683. The minimum Gasteiger partial charge on any atom is -0.478 e. The first-order chi connectivity index (χ1) is 11.5. The maximum absolute atomic E-state index is 12.2. The number of carboxylic acids is 1. The van der Waals surface area contributed by atoms with E-state index in [4.69, 9.17) is 9.84 Å². The Balaban J connectivity index is 1.91. The summed E-state index contributed by atoms with van der Waals surface area (Å²) >= 11 is 0. The number of carbonyl (C=O) groups is 2. The van der Waals surface area contributed by atoms with Gasteiger partial charge in [0.25, 0.3) is 0 Å². The molecule has 2 N–H and O–H groups in total. The molecular weight excluding hydrogens is 306 g/mol. The molecule has 1 fully saturated rings. The highest BCUT2D eigenvalue weighted by Gasteiger charge is 2.33. The highest BCUT2D eigenvalue weighted by molar-refractivity contribution is 5.88. The van der Waals surface area contributed by atoms with Crippen molar-refractivity contribution >= 4 is 11.9 Å². The molecule has 0 heterocycles. The maximum atomic E-state index is 12.2. The summed E-state index contributed by atoms with van der Waals surface area (Å²) in [6.45, 7) is 3.34. The second kappa shape index (κ2) is 8.83. The van der Waals surface area contributed by atoms with Crippen LogP contribution in [-0.4, -0.2) is 35.7 Å². The Morgan fingerprint density at radius 1 is 1.25 bits per heavy atom. The second-order valence-corrected chi connectivity index (χ2v) is 6.55. The lowest BCUT2D eigenvalue weighted by Crippen LogP contribution is -2.47. The molecule has 0 saturated heterocycles. The van der Waals surface area contributed by atoms with Crippen LogP contribution in [0.15, 0.2) is 24.3 Å². The van der Waals surface area contributed by atoms with Crippen LogP contribution in [0.3, 0.4) is 0 Å². The van der Waals surface area contributed by atoms with E-state index in [0.717, 1.165) is 38.7 Å². The highest BCUT2D eigenvalue weighted by Crippen LogP contribution is 2.31. The molecule has 0 aliphatic heterocycles. The number of benzene rings is 1. The molecule has 0 atom stereocenters. The molecule has 0 bridgehead atoms. The Morgan fingerprint density at radius 2 is 2.00 bits per heavy atom. The predicted octanol–water partition coefficient (Wildman–Crippen LogP) is 3.17. The molecule has 5 nitrogen and oxygen atoms in total. The van der Waals surface area contributed by atoms with Gasteiger partial charge >= 0.3 is 5.97 Å². The van der Waals surface area contributed by atoms with Crippen molar-refractivity contribution in [3.8, 4) is 0 Å². The van der Waals surface area contributed by atoms with Crippen LogP contribution in [0.2, 0.25) is 0 Å². The molecule has 1 amide bonds. The summed E-state index contributed by atoms with van der Waals surface area (Å²) < 4.78 is 6.08. The van der Waals surface area contributed by atoms with Crippen LogP contribution < -0.4 is 5.32 Å². The monoisotopic (exact) mass is 333 g/mol. The third-order valence-corrected chi connectivity index (χ3v) is 4.52. The van der Waals surface area contributed by atoms with E-state index in [0.29, 0.717) is 12.1 Å². The predicted molar refractivity (Wildman–Crippen MR) is 92.2 cm³/mol. The number of rotatable bonds is 8. The molecule has 0 radical (unpaired) electrons. The third kappa shape index (κ3) is 5.34. The maximum Gasteiger partial charge on any atom is 0.335 e. The van der Waals surface area contributed by atoms with E-state index >= 15 is 0 Å². The molecule has 1 aliphatic rings. The average molecular weight is 333 g/mol. The smallest absolute Gasteiger partial charge is 0.335 e. The second-order valence-electron chi connectivity index (χ2n) is 6.55. The molecular formula is C19H27NO4. The summed E-state index contributed by atoms with van der Waals surface area (Å²) in [5.74, 6) is -1.08. The molecule has 24 heavy (non-hydrogen) atoms. The van der Waals surface area contributed by atoms with Gasteiger partial charge in [0.05, 0.1) is 17.6 Å².